The molecule has 1 amide bonds. The number of allylic oxidation sites excluding steroid dienone is 2. The Morgan fingerprint density at radius 3 is 2.94 bits per heavy atom. The number of carbonyl (C=O) groups is 1. The summed E-state index contributed by atoms with van der Waals surface area (Å²) >= 11 is 0. The fraction of sp³-hybridized carbons (Fsp3) is 0.769. The molecular weight excluding hydrogens is 202 g/mol. The molecule has 0 heterocycles. The lowest BCUT2D eigenvalue weighted by Crippen LogP contribution is -2.32. The fourth-order valence-electron chi connectivity index (χ4n) is 1.78. The first-order chi connectivity index (χ1) is 7.70. The molecular formula is C13H23NO2. The summed E-state index contributed by atoms with van der Waals surface area (Å²) in [7, 11) is 0. The van der Waals surface area contributed by atoms with Crippen molar-refractivity contribution in [3.63, 3.8) is 0 Å². The molecule has 3 heteroatoms. The lowest BCUT2D eigenvalue weighted by atomic mass is 9.94. The highest BCUT2D eigenvalue weighted by Gasteiger charge is 2.17. The van der Waals surface area contributed by atoms with Gasteiger partial charge >= 0.3 is 0 Å². The Morgan fingerprint density at radius 2 is 2.31 bits per heavy atom. The summed E-state index contributed by atoms with van der Waals surface area (Å²) in [5.74, 6) is 0.393. The van der Waals surface area contributed by atoms with Crippen molar-refractivity contribution in [1.82, 2.24) is 5.32 Å². The summed E-state index contributed by atoms with van der Waals surface area (Å²) in [5.41, 5.74) is 0. The maximum absolute atomic E-state index is 11.7. The molecule has 1 aliphatic carbocycles. The van der Waals surface area contributed by atoms with Crippen molar-refractivity contribution in [3.8, 4) is 0 Å². The van der Waals surface area contributed by atoms with Crippen LogP contribution in [0.25, 0.3) is 0 Å². The van der Waals surface area contributed by atoms with E-state index < -0.39 is 0 Å². The van der Waals surface area contributed by atoms with E-state index in [0.29, 0.717) is 0 Å². The molecule has 0 aliphatic heterocycles. The molecule has 1 atom stereocenters. The van der Waals surface area contributed by atoms with Crippen LogP contribution in [0.4, 0.5) is 0 Å². The minimum Gasteiger partial charge on any atom is -0.379 e. The first-order valence-corrected chi connectivity index (χ1v) is 6.24. The van der Waals surface area contributed by atoms with Gasteiger partial charge in [0.2, 0.25) is 5.91 Å². The number of nitrogens with one attached hydrogen (secondary N) is 1. The highest BCUT2D eigenvalue weighted by molar-refractivity contribution is 5.78. The SMILES string of the molecule is CC(C)OCCCNC(=O)[C@H]1CC=CCC1. The van der Waals surface area contributed by atoms with Crippen molar-refractivity contribution in [2.45, 2.75) is 45.6 Å². The van der Waals surface area contributed by atoms with E-state index in [4.69, 9.17) is 4.74 Å². The van der Waals surface area contributed by atoms with E-state index in [2.05, 4.69) is 17.5 Å². The number of ether oxygens (including phenoxy) is 1. The number of hydrogen-bond donors (Lipinski definition) is 1. The summed E-state index contributed by atoms with van der Waals surface area (Å²) in [6, 6.07) is 0. The summed E-state index contributed by atoms with van der Waals surface area (Å²) < 4.78 is 5.41. The second-order valence-corrected chi connectivity index (χ2v) is 4.55. The standard InChI is InChI=1S/C13H23NO2/c1-11(2)16-10-6-9-14-13(15)12-7-4-3-5-8-12/h3-4,11-12H,5-10H2,1-2H3,(H,14,15)/t12-/m0/s1. The van der Waals surface area contributed by atoms with Crippen molar-refractivity contribution in [2.24, 2.45) is 5.92 Å². The molecule has 1 N–H and O–H groups in total. The first kappa shape index (κ1) is 13.2. The average Bonchev–Trinajstić information content (AvgIpc) is 2.29. The molecule has 0 spiro atoms. The van der Waals surface area contributed by atoms with Gasteiger partial charge in [-0.05, 0) is 39.5 Å². The largest absolute Gasteiger partial charge is 0.379 e. The van der Waals surface area contributed by atoms with Crippen LogP contribution in [0.3, 0.4) is 0 Å². The van der Waals surface area contributed by atoms with Crippen LogP contribution in [-0.2, 0) is 9.53 Å². The second-order valence-electron chi connectivity index (χ2n) is 4.55. The Balaban J connectivity index is 2.04. The van der Waals surface area contributed by atoms with Gasteiger partial charge in [-0.25, -0.2) is 0 Å². The van der Waals surface area contributed by atoms with Crippen LogP contribution in [0.5, 0.6) is 0 Å². The quantitative estimate of drug-likeness (QED) is 0.556. The van der Waals surface area contributed by atoms with Crippen molar-refractivity contribution in [1.29, 1.82) is 0 Å². The second kappa shape index (κ2) is 7.44. The predicted octanol–water partition coefficient (Wildman–Crippen LogP) is 2.27. The third kappa shape index (κ3) is 5.31. The Kier molecular flexibility index (Phi) is 6.16. The van der Waals surface area contributed by atoms with Crippen LogP contribution < -0.4 is 5.32 Å². The van der Waals surface area contributed by atoms with Crippen LogP contribution >= 0.6 is 0 Å². The van der Waals surface area contributed by atoms with Gasteiger partial charge in [0, 0.05) is 19.1 Å². The highest BCUT2D eigenvalue weighted by atomic mass is 16.5. The fourth-order valence-corrected chi connectivity index (χ4v) is 1.78. The molecule has 0 saturated carbocycles. The number of hydrogen-bond acceptors (Lipinski definition) is 2. The van der Waals surface area contributed by atoms with Gasteiger partial charge in [-0.3, -0.25) is 4.79 Å². The highest BCUT2D eigenvalue weighted by Crippen LogP contribution is 2.17. The van der Waals surface area contributed by atoms with Gasteiger partial charge in [0.05, 0.1) is 6.10 Å². The Morgan fingerprint density at radius 1 is 1.50 bits per heavy atom. The number of carbonyl (C=O) groups excluding carboxylic acids is 1. The van der Waals surface area contributed by atoms with E-state index in [0.717, 1.165) is 38.8 Å². The molecule has 1 rings (SSSR count). The maximum Gasteiger partial charge on any atom is 0.223 e. The molecule has 0 aromatic carbocycles. The molecule has 0 saturated heterocycles. The minimum atomic E-state index is 0.191. The minimum absolute atomic E-state index is 0.191. The lowest BCUT2D eigenvalue weighted by Gasteiger charge is -2.17. The van der Waals surface area contributed by atoms with Gasteiger partial charge in [0.25, 0.3) is 0 Å². The molecule has 0 aromatic heterocycles. The van der Waals surface area contributed by atoms with Crippen LogP contribution in [-0.4, -0.2) is 25.2 Å². The van der Waals surface area contributed by atoms with Gasteiger partial charge in [0.15, 0.2) is 0 Å². The zero-order valence-electron chi connectivity index (χ0n) is 10.4. The Hall–Kier alpha value is -0.830. The van der Waals surface area contributed by atoms with E-state index in [9.17, 15) is 4.79 Å². The summed E-state index contributed by atoms with van der Waals surface area (Å²) in [4.78, 5) is 11.7. The van der Waals surface area contributed by atoms with Gasteiger partial charge in [-0.15, -0.1) is 0 Å². The van der Waals surface area contributed by atoms with Crippen LogP contribution in [0.2, 0.25) is 0 Å². The lowest BCUT2D eigenvalue weighted by molar-refractivity contribution is -0.125. The number of rotatable bonds is 6. The van der Waals surface area contributed by atoms with Crippen LogP contribution in [0.1, 0.15) is 39.5 Å². The van der Waals surface area contributed by atoms with Gasteiger partial charge in [0.1, 0.15) is 0 Å². The van der Waals surface area contributed by atoms with Crippen molar-refractivity contribution in [2.75, 3.05) is 13.2 Å². The normalized spacial score (nSPS) is 20.1. The molecule has 0 fully saturated rings. The van der Waals surface area contributed by atoms with E-state index in [1.54, 1.807) is 0 Å². The third-order valence-corrected chi connectivity index (χ3v) is 2.71. The first-order valence-electron chi connectivity index (χ1n) is 6.24. The molecule has 0 aromatic rings. The monoisotopic (exact) mass is 225 g/mol. The van der Waals surface area contributed by atoms with Crippen molar-refractivity contribution < 1.29 is 9.53 Å². The Labute approximate surface area is 98.2 Å². The van der Waals surface area contributed by atoms with Crippen molar-refractivity contribution in [3.05, 3.63) is 12.2 Å². The molecule has 3 nitrogen and oxygen atoms in total. The van der Waals surface area contributed by atoms with Crippen molar-refractivity contribution >= 4 is 5.91 Å². The van der Waals surface area contributed by atoms with E-state index >= 15 is 0 Å². The molecule has 0 unspecified atom stereocenters. The maximum atomic E-state index is 11.7. The van der Waals surface area contributed by atoms with Gasteiger partial charge in [-0.2, -0.15) is 0 Å². The van der Waals surface area contributed by atoms with Gasteiger partial charge < -0.3 is 10.1 Å². The van der Waals surface area contributed by atoms with E-state index in [-0.39, 0.29) is 17.9 Å². The Bertz CT molecular complexity index is 236. The summed E-state index contributed by atoms with van der Waals surface area (Å²) in [6.07, 6.45) is 8.36. The smallest absolute Gasteiger partial charge is 0.223 e. The molecule has 0 radical (unpaired) electrons. The van der Waals surface area contributed by atoms with Gasteiger partial charge in [-0.1, -0.05) is 12.2 Å². The summed E-state index contributed by atoms with van der Waals surface area (Å²) in [5, 5.41) is 2.97. The molecule has 16 heavy (non-hydrogen) atoms. The average molecular weight is 225 g/mol. The number of amides is 1. The van der Waals surface area contributed by atoms with Crippen LogP contribution in [0.15, 0.2) is 12.2 Å². The molecule has 1 aliphatic rings. The van der Waals surface area contributed by atoms with E-state index in [1.807, 2.05) is 13.8 Å². The molecule has 0 bridgehead atoms. The summed E-state index contributed by atoms with van der Waals surface area (Å²) in [6.45, 7) is 5.49. The zero-order valence-corrected chi connectivity index (χ0v) is 10.4. The predicted molar refractivity (Wildman–Crippen MR) is 65.2 cm³/mol. The molecule has 92 valence electrons. The zero-order chi connectivity index (χ0) is 11.8. The van der Waals surface area contributed by atoms with E-state index in [1.165, 1.54) is 0 Å². The third-order valence-electron chi connectivity index (χ3n) is 2.71. The van der Waals surface area contributed by atoms with Crippen LogP contribution in [0, 0.1) is 5.92 Å². The topological polar surface area (TPSA) is 38.3 Å².